The summed E-state index contributed by atoms with van der Waals surface area (Å²) in [6.45, 7) is 5.46. The fourth-order valence-electron chi connectivity index (χ4n) is 1.16. The normalized spacial score (nSPS) is 13.7. The summed E-state index contributed by atoms with van der Waals surface area (Å²) in [5.74, 6) is -1.44. The predicted octanol–water partition coefficient (Wildman–Crippen LogP) is 0.573. The second-order valence-electron chi connectivity index (χ2n) is 3.87. The van der Waals surface area contributed by atoms with Crippen molar-refractivity contribution in [2.45, 2.75) is 31.9 Å². The van der Waals surface area contributed by atoms with Gasteiger partial charge in [0.05, 0.1) is 19.3 Å². The fraction of sp³-hybridized carbons (Fsp3) is 0.667. The summed E-state index contributed by atoms with van der Waals surface area (Å²) in [5.41, 5.74) is 0. The van der Waals surface area contributed by atoms with Crippen LogP contribution >= 0.6 is 0 Å². The van der Waals surface area contributed by atoms with Gasteiger partial charge in [-0.2, -0.15) is 0 Å². The fourth-order valence-corrected chi connectivity index (χ4v) is 1.16. The van der Waals surface area contributed by atoms with E-state index in [1.807, 2.05) is 6.92 Å². The van der Waals surface area contributed by atoms with E-state index < -0.39 is 12.0 Å². The van der Waals surface area contributed by atoms with Crippen LogP contribution in [0.4, 0.5) is 0 Å². The van der Waals surface area contributed by atoms with Crippen LogP contribution in [-0.2, 0) is 19.1 Å². The molecule has 0 aliphatic rings. The highest BCUT2D eigenvalue weighted by Crippen LogP contribution is 2.00. The van der Waals surface area contributed by atoms with E-state index in [9.17, 15) is 9.59 Å². The van der Waals surface area contributed by atoms with Gasteiger partial charge < -0.3 is 19.9 Å². The maximum Gasteiger partial charge on any atom is 0.328 e. The number of rotatable bonds is 10. The monoisotopic (exact) mass is 259 g/mol. The smallest absolute Gasteiger partial charge is 0.328 e. The lowest BCUT2D eigenvalue weighted by atomic mass is 10.2. The van der Waals surface area contributed by atoms with Gasteiger partial charge in [-0.3, -0.25) is 4.79 Å². The molecule has 2 atom stereocenters. The third-order valence-electron chi connectivity index (χ3n) is 2.33. The van der Waals surface area contributed by atoms with E-state index in [1.165, 1.54) is 6.08 Å². The Labute approximate surface area is 107 Å². The number of carboxylic acid groups (broad SMARTS) is 1. The Kier molecular flexibility index (Phi) is 8.86. The van der Waals surface area contributed by atoms with Crippen molar-refractivity contribution in [1.29, 1.82) is 0 Å². The molecule has 0 fully saturated rings. The molecule has 2 N–H and O–H groups in total. The minimum atomic E-state index is -1.12. The molecule has 1 amide bonds. The molecule has 0 aliphatic carbocycles. The van der Waals surface area contributed by atoms with Crippen molar-refractivity contribution in [3.05, 3.63) is 12.7 Å². The van der Waals surface area contributed by atoms with Crippen LogP contribution in [0.15, 0.2) is 12.7 Å². The average Bonchev–Trinajstić information content (AvgIpc) is 2.34. The molecule has 18 heavy (non-hydrogen) atoms. The van der Waals surface area contributed by atoms with Crippen molar-refractivity contribution < 1.29 is 24.2 Å². The molecular formula is C12H21NO5. The topological polar surface area (TPSA) is 84.9 Å². The zero-order valence-corrected chi connectivity index (χ0v) is 10.8. The van der Waals surface area contributed by atoms with E-state index >= 15 is 0 Å². The summed E-state index contributed by atoms with van der Waals surface area (Å²) >= 11 is 0. The molecule has 0 bridgehead atoms. The molecule has 0 saturated heterocycles. The van der Waals surface area contributed by atoms with Gasteiger partial charge in [-0.1, -0.05) is 6.08 Å². The van der Waals surface area contributed by atoms with Crippen LogP contribution in [0.1, 0.15) is 19.8 Å². The minimum Gasteiger partial charge on any atom is -0.480 e. The quantitative estimate of drug-likeness (QED) is 0.442. The maximum atomic E-state index is 11.5. The molecule has 0 aromatic rings. The molecule has 104 valence electrons. The molecular weight excluding hydrogens is 238 g/mol. The number of hydrogen-bond donors (Lipinski definition) is 2. The van der Waals surface area contributed by atoms with E-state index in [1.54, 1.807) is 7.11 Å². The van der Waals surface area contributed by atoms with Gasteiger partial charge in [-0.25, -0.2) is 4.79 Å². The standard InChI is InChI=1S/C12H21NO5/c1-4-7-18-8-10(12(15)16)13-11(14)6-5-9(2)17-3/h4,9-10H,1,5-8H2,2-3H3,(H,13,14)(H,15,16). The summed E-state index contributed by atoms with van der Waals surface area (Å²) in [6, 6.07) is -1.03. The van der Waals surface area contributed by atoms with Crippen LogP contribution in [0, 0.1) is 0 Å². The minimum absolute atomic E-state index is 0.0314. The van der Waals surface area contributed by atoms with E-state index in [0.29, 0.717) is 6.42 Å². The Hall–Kier alpha value is -1.40. The molecule has 6 heteroatoms. The number of nitrogens with one attached hydrogen (secondary N) is 1. The van der Waals surface area contributed by atoms with Crippen molar-refractivity contribution in [1.82, 2.24) is 5.32 Å². The zero-order chi connectivity index (χ0) is 14.0. The van der Waals surface area contributed by atoms with E-state index in [2.05, 4.69) is 11.9 Å². The van der Waals surface area contributed by atoms with Crippen LogP contribution in [0.5, 0.6) is 0 Å². The second kappa shape index (κ2) is 9.61. The molecule has 0 aromatic carbocycles. The molecule has 0 aliphatic heterocycles. The highest BCUT2D eigenvalue weighted by atomic mass is 16.5. The van der Waals surface area contributed by atoms with Crippen molar-refractivity contribution in [3.8, 4) is 0 Å². The summed E-state index contributed by atoms with van der Waals surface area (Å²) in [5, 5.41) is 11.3. The molecule has 2 unspecified atom stereocenters. The van der Waals surface area contributed by atoms with Crippen LogP contribution in [0.3, 0.4) is 0 Å². The highest BCUT2D eigenvalue weighted by Gasteiger charge is 2.20. The van der Waals surface area contributed by atoms with Crippen LogP contribution in [-0.4, -0.2) is 49.5 Å². The molecule has 0 saturated carbocycles. The van der Waals surface area contributed by atoms with E-state index in [4.69, 9.17) is 14.6 Å². The molecule has 0 spiro atoms. The Bertz CT molecular complexity index is 280. The number of carbonyl (C=O) groups excluding carboxylic acids is 1. The SMILES string of the molecule is C=CCOCC(NC(=O)CCC(C)OC)C(=O)O. The van der Waals surface area contributed by atoms with Gasteiger partial charge in [0.1, 0.15) is 0 Å². The van der Waals surface area contributed by atoms with Crippen LogP contribution < -0.4 is 5.32 Å². The third-order valence-corrected chi connectivity index (χ3v) is 2.33. The molecule has 0 heterocycles. The average molecular weight is 259 g/mol. The van der Waals surface area contributed by atoms with Gasteiger partial charge in [-0.05, 0) is 13.3 Å². The number of methoxy groups -OCH3 is 1. The Morgan fingerprint density at radius 2 is 2.17 bits per heavy atom. The van der Waals surface area contributed by atoms with Gasteiger partial charge in [0, 0.05) is 13.5 Å². The first-order valence-electron chi connectivity index (χ1n) is 5.74. The Balaban J connectivity index is 4.03. The highest BCUT2D eigenvalue weighted by molar-refractivity contribution is 5.83. The number of ether oxygens (including phenoxy) is 2. The molecule has 0 radical (unpaired) electrons. The number of aliphatic carboxylic acids is 1. The van der Waals surface area contributed by atoms with Crippen molar-refractivity contribution in [2.75, 3.05) is 20.3 Å². The number of carboxylic acids is 1. The summed E-state index contributed by atoms with van der Waals surface area (Å²) in [7, 11) is 1.56. The van der Waals surface area contributed by atoms with Gasteiger partial charge in [-0.15, -0.1) is 6.58 Å². The first kappa shape index (κ1) is 16.6. The van der Waals surface area contributed by atoms with Gasteiger partial charge in [0.25, 0.3) is 0 Å². The number of hydrogen-bond acceptors (Lipinski definition) is 4. The largest absolute Gasteiger partial charge is 0.480 e. The predicted molar refractivity (Wildman–Crippen MR) is 66.3 cm³/mol. The van der Waals surface area contributed by atoms with Crippen molar-refractivity contribution in [2.24, 2.45) is 0 Å². The first-order chi connectivity index (χ1) is 8.51. The van der Waals surface area contributed by atoms with Gasteiger partial charge in [0.2, 0.25) is 5.91 Å². The Morgan fingerprint density at radius 1 is 1.50 bits per heavy atom. The molecule has 0 aromatic heterocycles. The third kappa shape index (κ3) is 7.81. The second-order valence-corrected chi connectivity index (χ2v) is 3.87. The van der Waals surface area contributed by atoms with E-state index in [0.717, 1.165) is 0 Å². The zero-order valence-electron chi connectivity index (χ0n) is 10.8. The van der Waals surface area contributed by atoms with Gasteiger partial charge in [0.15, 0.2) is 6.04 Å². The first-order valence-corrected chi connectivity index (χ1v) is 5.74. The number of amides is 1. The van der Waals surface area contributed by atoms with E-state index in [-0.39, 0.29) is 31.6 Å². The Morgan fingerprint density at radius 3 is 2.67 bits per heavy atom. The summed E-state index contributed by atoms with van der Waals surface area (Å²) in [4.78, 5) is 22.4. The van der Waals surface area contributed by atoms with Crippen LogP contribution in [0.25, 0.3) is 0 Å². The van der Waals surface area contributed by atoms with Crippen molar-refractivity contribution in [3.63, 3.8) is 0 Å². The van der Waals surface area contributed by atoms with Crippen LogP contribution in [0.2, 0.25) is 0 Å². The molecule has 6 nitrogen and oxygen atoms in total. The summed E-state index contributed by atoms with van der Waals surface area (Å²) in [6.07, 6.45) is 2.25. The lowest BCUT2D eigenvalue weighted by Gasteiger charge is -2.15. The summed E-state index contributed by atoms with van der Waals surface area (Å²) < 4.78 is 10.0. The lowest BCUT2D eigenvalue weighted by Crippen LogP contribution is -2.44. The number of carbonyl (C=O) groups is 2. The van der Waals surface area contributed by atoms with Gasteiger partial charge >= 0.3 is 5.97 Å². The lowest BCUT2D eigenvalue weighted by molar-refractivity contribution is -0.143. The maximum absolute atomic E-state index is 11.5. The molecule has 0 rings (SSSR count). The van der Waals surface area contributed by atoms with Crippen molar-refractivity contribution >= 4 is 11.9 Å².